The van der Waals surface area contributed by atoms with Crippen molar-refractivity contribution in [3.8, 4) is 0 Å². The summed E-state index contributed by atoms with van der Waals surface area (Å²) >= 11 is 0. The third kappa shape index (κ3) is 2.67. The van der Waals surface area contributed by atoms with Gasteiger partial charge in [-0.25, -0.2) is 0 Å². The van der Waals surface area contributed by atoms with Crippen molar-refractivity contribution >= 4 is 11.6 Å². The minimum atomic E-state index is 0.133. The molecule has 0 aliphatic carbocycles. The Morgan fingerprint density at radius 3 is 2.82 bits per heavy atom. The zero-order valence-corrected chi connectivity index (χ0v) is 10.6. The van der Waals surface area contributed by atoms with Gasteiger partial charge in [-0.3, -0.25) is 4.79 Å². The van der Waals surface area contributed by atoms with Gasteiger partial charge in [0.25, 0.3) is 0 Å². The second-order valence-electron chi connectivity index (χ2n) is 4.73. The highest BCUT2D eigenvalue weighted by Crippen LogP contribution is 2.21. The van der Waals surface area contributed by atoms with Gasteiger partial charge in [0.05, 0.1) is 5.92 Å². The molecule has 0 bridgehead atoms. The lowest BCUT2D eigenvalue weighted by atomic mass is 9.98. The number of rotatable bonds is 2. The Bertz CT molecular complexity index is 397. The summed E-state index contributed by atoms with van der Waals surface area (Å²) in [5.41, 5.74) is 2.16. The molecule has 0 spiro atoms. The number of benzene rings is 1. The summed E-state index contributed by atoms with van der Waals surface area (Å²) in [4.78, 5) is 14.1. The summed E-state index contributed by atoms with van der Waals surface area (Å²) < 4.78 is 0. The number of hydrogen-bond donors (Lipinski definition) is 1. The fraction of sp³-hybridized carbons (Fsp3) is 0.500. The molecule has 1 N–H and O–H groups in total. The summed E-state index contributed by atoms with van der Waals surface area (Å²) in [7, 11) is 1.87. The first-order chi connectivity index (χ1) is 8.20. The summed E-state index contributed by atoms with van der Waals surface area (Å²) in [6, 6.07) is 8.02. The van der Waals surface area contributed by atoms with E-state index in [1.165, 1.54) is 0 Å². The molecule has 1 aliphatic rings. The van der Waals surface area contributed by atoms with Gasteiger partial charge in [0.15, 0.2) is 0 Å². The Kier molecular flexibility index (Phi) is 3.79. The van der Waals surface area contributed by atoms with Crippen LogP contribution in [0.2, 0.25) is 0 Å². The molecular formula is C14H20N2O. The standard InChI is InChI=1S/C14H20N2O/c1-11-6-3-4-8-13(11)16(2)14(17)12-7-5-9-15-10-12/h3-4,6,8,12,15H,5,7,9-10H2,1-2H3/t12-/m0/s1. The van der Waals surface area contributed by atoms with Crippen LogP contribution < -0.4 is 10.2 Å². The van der Waals surface area contributed by atoms with Gasteiger partial charge in [0.1, 0.15) is 0 Å². The van der Waals surface area contributed by atoms with E-state index in [9.17, 15) is 4.79 Å². The molecule has 2 rings (SSSR count). The van der Waals surface area contributed by atoms with Crippen LogP contribution in [0.3, 0.4) is 0 Å². The first kappa shape index (κ1) is 12.1. The van der Waals surface area contributed by atoms with Crippen molar-refractivity contribution in [1.29, 1.82) is 0 Å². The van der Waals surface area contributed by atoms with Crippen LogP contribution in [0.25, 0.3) is 0 Å². The number of nitrogens with one attached hydrogen (secondary N) is 1. The molecule has 1 saturated heterocycles. The number of carbonyl (C=O) groups excluding carboxylic acids is 1. The van der Waals surface area contributed by atoms with Crippen LogP contribution >= 0.6 is 0 Å². The molecule has 0 unspecified atom stereocenters. The molecule has 1 atom stereocenters. The molecule has 1 heterocycles. The highest BCUT2D eigenvalue weighted by Gasteiger charge is 2.24. The van der Waals surface area contributed by atoms with Crippen LogP contribution in [0.5, 0.6) is 0 Å². The van der Waals surface area contributed by atoms with Gasteiger partial charge in [-0.05, 0) is 37.9 Å². The average Bonchev–Trinajstić information content (AvgIpc) is 2.39. The minimum Gasteiger partial charge on any atom is -0.316 e. The smallest absolute Gasteiger partial charge is 0.231 e. The van der Waals surface area contributed by atoms with E-state index >= 15 is 0 Å². The summed E-state index contributed by atoms with van der Waals surface area (Å²) in [5, 5.41) is 3.29. The minimum absolute atomic E-state index is 0.133. The van der Waals surface area contributed by atoms with Crippen LogP contribution in [0.1, 0.15) is 18.4 Å². The summed E-state index contributed by atoms with van der Waals surface area (Å²) in [5.74, 6) is 0.361. The molecular weight excluding hydrogens is 212 g/mol. The molecule has 92 valence electrons. The summed E-state index contributed by atoms with van der Waals surface area (Å²) in [6.07, 6.45) is 2.10. The number of nitrogens with zero attached hydrogens (tertiary/aromatic N) is 1. The van der Waals surface area contributed by atoms with Crippen LogP contribution in [0.4, 0.5) is 5.69 Å². The monoisotopic (exact) mass is 232 g/mol. The predicted octanol–water partition coefficient (Wildman–Crippen LogP) is 1.96. The van der Waals surface area contributed by atoms with Crippen molar-refractivity contribution in [3.05, 3.63) is 29.8 Å². The number of carbonyl (C=O) groups is 1. The SMILES string of the molecule is Cc1ccccc1N(C)C(=O)[C@H]1CCCNC1. The van der Waals surface area contributed by atoms with Crippen LogP contribution in [0, 0.1) is 12.8 Å². The van der Waals surface area contributed by atoms with E-state index in [0.717, 1.165) is 37.2 Å². The number of hydrogen-bond acceptors (Lipinski definition) is 2. The van der Waals surface area contributed by atoms with E-state index in [4.69, 9.17) is 0 Å². The van der Waals surface area contributed by atoms with Gasteiger partial charge in [-0.15, -0.1) is 0 Å². The number of piperidine rings is 1. The molecule has 0 radical (unpaired) electrons. The molecule has 0 saturated carbocycles. The third-order valence-corrected chi connectivity index (χ3v) is 3.45. The third-order valence-electron chi connectivity index (χ3n) is 3.45. The zero-order valence-electron chi connectivity index (χ0n) is 10.6. The lowest BCUT2D eigenvalue weighted by Crippen LogP contribution is -2.41. The second kappa shape index (κ2) is 5.32. The van der Waals surface area contributed by atoms with Gasteiger partial charge in [0.2, 0.25) is 5.91 Å². The largest absolute Gasteiger partial charge is 0.316 e. The van der Waals surface area contributed by atoms with Crippen molar-refractivity contribution in [3.63, 3.8) is 0 Å². The van der Waals surface area contributed by atoms with Crippen LogP contribution in [-0.2, 0) is 4.79 Å². The topological polar surface area (TPSA) is 32.3 Å². The number of amides is 1. The Hall–Kier alpha value is -1.35. The number of para-hydroxylation sites is 1. The Morgan fingerprint density at radius 2 is 2.18 bits per heavy atom. The average molecular weight is 232 g/mol. The van der Waals surface area contributed by atoms with Gasteiger partial charge in [-0.2, -0.15) is 0 Å². The molecule has 1 aromatic carbocycles. The van der Waals surface area contributed by atoms with E-state index in [0.29, 0.717) is 0 Å². The van der Waals surface area contributed by atoms with Crippen LogP contribution in [-0.4, -0.2) is 26.0 Å². The van der Waals surface area contributed by atoms with Crippen molar-refractivity contribution in [2.24, 2.45) is 5.92 Å². The highest BCUT2D eigenvalue weighted by molar-refractivity contribution is 5.95. The first-order valence-electron chi connectivity index (χ1n) is 6.24. The summed E-state index contributed by atoms with van der Waals surface area (Å²) in [6.45, 7) is 3.89. The molecule has 3 nitrogen and oxygen atoms in total. The van der Waals surface area contributed by atoms with Gasteiger partial charge in [0, 0.05) is 19.3 Å². The molecule has 1 amide bonds. The molecule has 0 aromatic heterocycles. The predicted molar refractivity (Wildman–Crippen MR) is 70.2 cm³/mol. The van der Waals surface area contributed by atoms with Crippen molar-refractivity contribution in [2.45, 2.75) is 19.8 Å². The Labute approximate surface area is 103 Å². The van der Waals surface area contributed by atoms with Gasteiger partial charge < -0.3 is 10.2 Å². The van der Waals surface area contributed by atoms with Crippen molar-refractivity contribution in [2.75, 3.05) is 25.0 Å². The maximum absolute atomic E-state index is 12.3. The number of aryl methyl sites for hydroxylation is 1. The van der Waals surface area contributed by atoms with E-state index in [-0.39, 0.29) is 11.8 Å². The van der Waals surface area contributed by atoms with Crippen LogP contribution in [0.15, 0.2) is 24.3 Å². The molecule has 1 aromatic rings. The van der Waals surface area contributed by atoms with E-state index in [1.807, 2.05) is 38.2 Å². The van der Waals surface area contributed by atoms with E-state index in [2.05, 4.69) is 5.32 Å². The fourth-order valence-corrected chi connectivity index (χ4v) is 2.39. The first-order valence-corrected chi connectivity index (χ1v) is 6.24. The number of anilines is 1. The van der Waals surface area contributed by atoms with E-state index < -0.39 is 0 Å². The molecule has 1 aliphatic heterocycles. The molecule has 17 heavy (non-hydrogen) atoms. The highest BCUT2D eigenvalue weighted by atomic mass is 16.2. The quantitative estimate of drug-likeness (QED) is 0.845. The maximum atomic E-state index is 12.3. The van der Waals surface area contributed by atoms with Crippen molar-refractivity contribution < 1.29 is 4.79 Å². The normalized spacial score (nSPS) is 20.0. The van der Waals surface area contributed by atoms with E-state index in [1.54, 1.807) is 4.90 Å². The zero-order chi connectivity index (χ0) is 12.3. The van der Waals surface area contributed by atoms with Gasteiger partial charge in [-0.1, -0.05) is 18.2 Å². The lowest BCUT2D eigenvalue weighted by molar-refractivity contribution is -0.122. The van der Waals surface area contributed by atoms with Crippen molar-refractivity contribution in [1.82, 2.24) is 5.32 Å². The molecule has 3 heteroatoms. The molecule has 1 fully saturated rings. The van der Waals surface area contributed by atoms with Gasteiger partial charge >= 0.3 is 0 Å². The maximum Gasteiger partial charge on any atom is 0.231 e. The lowest BCUT2D eigenvalue weighted by Gasteiger charge is -2.27. The Balaban J connectivity index is 2.11. The fourth-order valence-electron chi connectivity index (χ4n) is 2.39. The second-order valence-corrected chi connectivity index (χ2v) is 4.73. The Morgan fingerprint density at radius 1 is 1.41 bits per heavy atom.